The number of aryl methyl sites for hydroxylation is 2. The molecule has 0 spiro atoms. The standard InChI is InChI=1S/C24H29N3O2/c28-23-12-10-20-18-21(9-11-22(20)25-23)24(29)27-16-14-26(15-17-27)13-5-4-8-19-6-2-1-3-7-19/h1-3,6-7,9,11,18H,4-5,8,10,12-17H2,(H,25,28). The van der Waals surface area contributed by atoms with Gasteiger partial charge in [0, 0.05) is 43.9 Å². The molecule has 1 saturated heterocycles. The molecule has 0 bridgehead atoms. The Morgan fingerprint density at radius 2 is 1.72 bits per heavy atom. The van der Waals surface area contributed by atoms with Crippen LogP contribution in [0.1, 0.15) is 40.7 Å². The van der Waals surface area contributed by atoms with Crippen LogP contribution in [0, 0.1) is 0 Å². The molecule has 152 valence electrons. The Labute approximate surface area is 172 Å². The predicted octanol–water partition coefficient (Wildman–Crippen LogP) is 3.35. The summed E-state index contributed by atoms with van der Waals surface area (Å²) in [4.78, 5) is 28.8. The molecule has 0 radical (unpaired) electrons. The monoisotopic (exact) mass is 391 g/mol. The number of carbonyl (C=O) groups is 2. The molecule has 2 heterocycles. The number of benzene rings is 2. The summed E-state index contributed by atoms with van der Waals surface area (Å²) in [6, 6.07) is 16.3. The van der Waals surface area contributed by atoms with Crippen molar-refractivity contribution >= 4 is 17.5 Å². The SMILES string of the molecule is O=C1CCc2cc(C(=O)N3CCN(CCCCc4ccccc4)CC3)ccc2N1. The van der Waals surface area contributed by atoms with E-state index in [4.69, 9.17) is 0 Å². The Balaban J connectivity index is 1.22. The van der Waals surface area contributed by atoms with Crippen LogP contribution in [0.2, 0.25) is 0 Å². The maximum atomic E-state index is 12.9. The highest BCUT2D eigenvalue weighted by Gasteiger charge is 2.23. The molecule has 1 fully saturated rings. The smallest absolute Gasteiger partial charge is 0.253 e. The van der Waals surface area contributed by atoms with Crippen molar-refractivity contribution in [1.82, 2.24) is 9.80 Å². The molecule has 0 unspecified atom stereocenters. The van der Waals surface area contributed by atoms with E-state index in [-0.39, 0.29) is 11.8 Å². The van der Waals surface area contributed by atoms with Gasteiger partial charge in [0.25, 0.3) is 5.91 Å². The normalized spacial score (nSPS) is 17.0. The van der Waals surface area contributed by atoms with E-state index < -0.39 is 0 Å². The number of piperazine rings is 1. The maximum Gasteiger partial charge on any atom is 0.253 e. The molecule has 2 aliphatic heterocycles. The average Bonchev–Trinajstić information content (AvgIpc) is 2.77. The van der Waals surface area contributed by atoms with Gasteiger partial charge in [0.1, 0.15) is 0 Å². The lowest BCUT2D eigenvalue weighted by Crippen LogP contribution is -2.48. The Morgan fingerprint density at radius 1 is 0.931 bits per heavy atom. The summed E-state index contributed by atoms with van der Waals surface area (Å²) >= 11 is 0. The third-order valence-corrected chi connectivity index (χ3v) is 5.94. The number of anilines is 1. The quantitative estimate of drug-likeness (QED) is 0.769. The molecule has 0 saturated carbocycles. The highest BCUT2D eigenvalue weighted by Crippen LogP contribution is 2.24. The third kappa shape index (κ3) is 5.04. The molecule has 5 heteroatoms. The maximum absolute atomic E-state index is 12.9. The Hall–Kier alpha value is -2.66. The van der Waals surface area contributed by atoms with Crippen molar-refractivity contribution in [2.24, 2.45) is 0 Å². The molecule has 5 nitrogen and oxygen atoms in total. The van der Waals surface area contributed by atoms with E-state index in [1.165, 1.54) is 18.4 Å². The van der Waals surface area contributed by atoms with E-state index in [0.717, 1.165) is 56.0 Å². The largest absolute Gasteiger partial charge is 0.336 e. The molecule has 2 aliphatic rings. The van der Waals surface area contributed by atoms with Gasteiger partial charge in [-0.05, 0) is 61.6 Å². The van der Waals surface area contributed by atoms with Crippen LogP contribution in [-0.2, 0) is 17.6 Å². The fourth-order valence-electron chi connectivity index (χ4n) is 4.18. The van der Waals surface area contributed by atoms with Gasteiger partial charge in [-0.2, -0.15) is 0 Å². The van der Waals surface area contributed by atoms with Crippen LogP contribution < -0.4 is 5.32 Å². The molecule has 0 aliphatic carbocycles. The van der Waals surface area contributed by atoms with E-state index in [9.17, 15) is 9.59 Å². The minimum atomic E-state index is 0.0523. The molecule has 1 N–H and O–H groups in total. The van der Waals surface area contributed by atoms with Gasteiger partial charge in [-0.25, -0.2) is 0 Å². The average molecular weight is 392 g/mol. The number of carbonyl (C=O) groups excluding carboxylic acids is 2. The second-order valence-corrected chi connectivity index (χ2v) is 8.00. The van der Waals surface area contributed by atoms with Crippen molar-refractivity contribution in [1.29, 1.82) is 0 Å². The van der Waals surface area contributed by atoms with Gasteiger partial charge >= 0.3 is 0 Å². The molecule has 0 atom stereocenters. The molecule has 2 aromatic carbocycles. The number of rotatable bonds is 6. The zero-order chi connectivity index (χ0) is 20.1. The number of nitrogens with one attached hydrogen (secondary N) is 1. The zero-order valence-corrected chi connectivity index (χ0v) is 16.9. The van der Waals surface area contributed by atoms with Crippen LogP contribution in [0.3, 0.4) is 0 Å². The number of hydrogen-bond acceptors (Lipinski definition) is 3. The fourth-order valence-corrected chi connectivity index (χ4v) is 4.18. The molecule has 29 heavy (non-hydrogen) atoms. The second kappa shape index (κ2) is 9.23. The molecular formula is C24H29N3O2. The fraction of sp³-hybridized carbons (Fsp3) is 0.417. The van der Waals surface area contributed by atoms with Gasteiger partial charge in [-0.15, -0.1) is 0 Å². The minimum absolute atomic E-state index is 0.0523. The van der Waals surface area contributed by atoms with Crippen LogP contribution in [0.25, 0.3) is 0 Å². The summed E-state index contributed by atoms with van der Waals surface area (Å²) in [5.41, 5.74) is 4.05. The van der Waals surface area contributed by atoms with Gasteiger partial charge in [-0.3, -0.25) is 14.5 Å². The topological polar surface area (TPSA) is 52.7 Å². The summed E-state index contributed by atoms with van der Waals surface area (Å²) in [6.07, 6.45) is 4.74. The first kappa shape index (κ1) is 19.6. The summed E-state index contributed by atoms with van der Waals surface area (Å²) in [6.45, 7) is 4.56. The summed E-state index contributed by atoms with van der Waals surface area (Å²) in [5.74, 6) is 0.157. The number of amides is 2. The molecule has 2 aromatic rings. The molecule has 2 amide bonds. The van der Waals surface area contributed by atoms with Crippen LogP contribution in [0.15, 0.2) is 48.5 Å². The lowest BCUT2D eigenvalue weighted by Gasteiger charge is -2.35. The van der Waals surface area contributed by atoms with Crippen molar-refractivity contribution in [3.05, 3.63) is 65.2 Å². The first-order chi connectivity index (χ1) is 14.2. The Morgan fingerprint density at radius 3 is 2.52 bits per heavy atom. The minimum Gasteiger partial charge on any atom is -0.336 e. The highest BCUT2D eigenvalue weighted by molar-refractivity contribution is 5.98. The summed E-state index contributed by atoms with van der Waals surface area (Å²) < 4.78 is 0. The van der Waals surface area contributed by atoms with Gasteiger partial charge in [0.15, 0.2) is 0 Å². The van der Waals surface area contributed by atoms with Crippen LogP contribution >= 0.6 is 0 Å². The van der Waals surface area contributed by atoms with Gasteiger partial charge in [-0.1, -0.05) is 30.3 Å². The van der Waals surface area contributed by atoms with Crippen LogP contribution in [-0.4, -0.2) is 54.3 Å². The van der Waals surface area contributed by atoms with Crippen molar-refractivity contribution in [3.63, 3.8) is 0 Å². The first-order valence-corrected chi connectivity index (χ1v) is 10.7. The van der Waals surface area contributed by atoms with E-state index >= 15 is 0 Å². The Kier molecular flexibility index (Phi) is 6.25. The van der Waals surface area contributed by atoms with Crippen molar-refractivity contribution in [2.75, 3.05) is 38.0 Å². The Bertz CT molecular complexity index is 858. The molecule has 4 rings (SSSR count). The van der Waals surface area contributed by atoms with E-state index in [0.29, 0.717) is 12.8 Å². The highest BCUT2D eigenvalue weighted by atomic mass is 16.2. The van der Waals surface area contributed by atoms with E-state index in [1.54, 1.807) is 0 Å². The third-order valence-electron chi connectivity index (χ3n) is 5.94. The number of fused-ring (bicyclic) bond motifs is 1. The summed E-state index contributed by atoms with van der Waals surface area (Å²) in [5, 5.41) is 2.88. The second-order valence-electron chi connectivity index (χ2n) is 8.00. The van der Waals surface area contributed by atoms with Crippen LogP contribution in [0.5, 0.6) is 0 Å². The zero-order valence-electron chi connectivity index (χ0n) is 16.9. The van der Waals surface area contributed by atoms with E-state index in [2.05, 4.69) is 40.5 Å². The van der Waals surface area contributed by atoms with E-state index in [1.807, 2.05) is 23.1 Å². The number of unbranched alkanes of at least 4 members (excludes halogenated alkanes) is 1. The first-order valence-electron chi connectivity index (χ1n) is 10.7. The van der Waals surface area contributed by atoms with Crippen LogP contribution in [0.4, 0.5) is 5.69 Å². The van der Waals surface area contributed by atoms with Gasteiger partial charge in [0.05, 0.1) is 0 Å². The number of hydrogen-bond donors (Lipinski definition) is 1. The number of nitrogens with zero attached hydrogens (tertiary/aromatic N) is 2. The summed E-state index contributed by atoms with van der Waals surface area (Å²) in [7, 11) is 0. The van der Waals surface area contributed by atoms with Crippen molar-refractivity contribution in [2.45, 2.75) is 32.1 Å². The van der Waals surface area contributed by atoms with Crippen molar-refractivity contribution in [3.8, 4) is 0 Å². The lowest BCUT2D eigenvalue weighted by molar-refractivity contribution is -0.116. The molecule has 0 aromatic heterocycles. The van der Waals surface area contributed by atoms with Crippen molar-refractivity contribution < 1.29 is 9.59 Å². The lowest BCUT2D eigenvalue weighted by atomic mass is 10.00. The van der Waals surface area contributed by atoms with Gasteiger partial charge < -0.3 is 10.2 Å². The molecular weight excluding hydrogens is 362 g/mol. The van der Waals surface area contributed by atoms with Gasteiger partial charge in [0.2, 0.25) is 5.91 Å². The predicted molar refractivity (Wildman–Crippen MR) is 115 cm³/mol.